The maximum absolute atomic E-state index is 12.7. The molecular formula is C19H18F3NO4. The van der Waals surface area contributed by atoms with Crippen LogP contribution in [0.15, 0.2) is 40.8 Å². The van der Waals surface area contributed by atoms with Crippen molar-refractivity contribution in [3.8, 4) is 11.3 Å². The van der Waals surface area contributed by atoms with Crippen molar-refractivity contribution in [2.24, 2.45) is 0 Å². The molecule has 2 aromatic rings. The van der Waals surface area contributed by atoms with Crippen LogP contribution in [0.1, 0.15) is 35.9 Å². The van der Waals surface area contributed by atoms with Gasteiger partial charge in [0.15, 0.2) is 5.76 Å². The summed E-state index contributed by atoms with van der Waals surface area (Å²) in [6, 6.07) is 6.81. The van der Waals surface area contributed by atoms with E-state index in [2.05, 4.69) is 0 Å². The number of halogens is 3. The van der Waals surface area contributed by atoms with E-state index in [-0.39, 0.29) is 18.1 Å². The van der Waals surface area contributed by atoms with E-state index in [1.807, 2.05) is 0 Å². The van der Waals surface area contributed by atoms with Crippen LogP contribution in [0.25, 0.3) is 11.3 Å². The second-order valence-electron chi connectivity index (χ2n) is 6.15. The first-order valence-corrected chi connectivity index (χ1v) is 8.56. The second-order valence-corrected chi connectivity index (χ2v) is 6.15. The van der Waals surface area contributed by atoms with Crippen molar-refractivity contribution >= 4 is 11.9 Å². The average molecular weight is 381 g/mol. The van der Waals surface area contributed by atoms with Crippen LogP contribution in [0.3, 0.4) is 0 Å². The van der Waals surface area contributed by atoms with E-state index >= 15 is 0 Å². The number of esters is 1. The summed E-state index contributed by atoms with van der Waals surface area (Å²) in [6.07, 6.45) is -3.21. The lowest BCUT2D eigenvalue weighted by molar-refractivity contribution is -0.147. The molecule has 1 amide bonds. The molecular weight excluding hydrogens is 363 g/mol. The normalized spacial score (nSPS) is 17.2. The van der Waals surface area contributed by atoms with Gasteiger partial charge in [-0.2, -0.15) is 13.2 Å². The van der Waals surface area contributed by atoms with Gasteiger partial charge in [-0.25, -0.2) is 4.79 Å². The molecule has 0 saturated carbocycles. The summed E-state index contributed by atoms with van der Waals surface area (Å²) in [6.45, 7) is 2.34. The molecule has 8 heteroatoms. The van der Waals surface area contributed by atoms with Crippen LogP contribution >= 0.6 is 0 Å². The summed E-state index contributed by atoms with van der Waals surface area (Å²) in [5.74, 6) is -0.582. The third kappa shape index (κ3) is 3.99. The molecule has 0 N–H and O–H groups in total. The summed E-state index contributed by atoms with van der Waals surface area (Å²) in [5, 5.41) is 0. The Bertz CT molecular complexity index is 826. The third-order valence-corrected chi connectivity index (χ3v) is 4.39. The largest absolute Gasteiger partial charge is 0.464 e. The lowest BCUT2D eigenvalue weighted by Crippen LogP contribution is -2.41. The zero-order valence-corrected chi connectivity index (χ0v) is 14.6. The Kier molecular flexibility index (Phi) is 5.25. The van der Waals surface area contributed by atoms with Crippen molar-refractivity contribution in [3.63, 3.8) is 0 Å². The van der Waals surface area contributed by atoms with Crippen LogP contribution in [0.4, 0.5) is 13.2 Å². The molecule has 2 heterocycles. The monoisotopic (exact) mass is 381 g/mol. The van der Waals surface area contributed by atoms with Crippen LogP contribution in [0.2, 0.25) is 0 Å². The van der Waals surface area contributed by atoms with Crippen LogP contribution < -0.4 is 0 Å². The lowest BCUT2D eigenvalue weighted by atomic mass is 10.1. The van der Waals surface area contributed by atoms with Gasteiger partial charge in [-0.05, 0) is 44.0 Å². The lowest BCUT2D eigenvalue weighted by Gasteiger charge is -2.21. The number of alkyl halides is 3. The van der Waals surface area contributed by atoms with Crippen molar-refractivity contribution < 1.29 is 31.9 Å². The summed E-state index contributed by atoms with van der Waals surface area (Å²) in [4.78, 5) is 26.1. The minimum atomic E-state index is -4.42. The summed E-state index contributed by atoms with van der Waals surface area (Å²) >= 11 is 0. The number of rotatable bonds is 4. The molecule has 27 heavy (non-hydrogen) atoms. The molecule has 0 unspecified atom stereocenters. The highest BCUT2D eigenvalue weighted by Gasteiger charge is 2.36. The Morgan fingerprint density at radius 1 is 1.19 bits per heavy atom. The van der Waals surface area contributed by atoms with Gasteiger partial charge in [0.2, 0.25) is 0 Å². The van der Waals surface area contributed by atoms with Gasteiger partial charge in [-0.1, -0.05) is 12.1 Å². The number of hydrogen-bond donors (Lipinski definition) is 0. The van der Waals surface area contributed by atoms with Crippen LogP contribution in [-0.2, 0) is 15.7 Å². The standard InChI is InChI=1S/C19H18F3NO4/c1-2-26-18(25)14-4-3-11-23(14)17(24)16-10-9-15(27-16)12-5-7-13(8-6-12)19(20,21)22/h5-10,14H,2-4,11H2,1H3/t14-/m1/s1. The third-order valence-electron chi connectivity index (χ3n) is 4.39. The van der Waals surface area contributed by atoms with Crippen molar-refractivity contribution in [1.82, 2.24) is 4.90 Å². The fourth-order valence-corrected chi connectivity index (χ4v) is 3.07. The molecule has 1 aliphatic rings. The van der Waals surface area contributed by atoms with Gasteiger partial charge in [0, 0.05) is 12.1 Å². The van der Waals surface area contributed by atoms with Gasteiger partial charge >= 0.3 is 12.1 Å². The first-order valence-electron chi connectivity index (χ1n) is 8.56. The number of furan rings is 1. The maximum Gasteiger partial charge on any atom is 0.416 e. The fourth-order valence-electron chi connectivity index (χ4n) is 3.07. The summed E-state index contributed by atoms with van der Waals surface area (Å²) < 4.78 is 48.5. The van der Waals surface area contributed by atoms with E-state index in [4.69, 9.17) is 9.15 Å². The van der Waals surface area contributed by atoms with E-state index in [1.54, 1.807) is 6.92 Å². The van der Waals surface area contributed by atoms with Gasteiger partial charge in [-0.3, -0.25) is 4.79 Å². The Morgan fingerprint density at radius 3 is 2.52 bits per heavy atom. The molecule has 5 nitrogen and oxygen atoms in total. The van der Waals surface area contributed by atoms with Crippen molar-refractivity contribution in [2.75, 3.05) is 13.2 Å². The van der Waals surface area contributed by atoms with Gasteiger partial charge in [0.1, 0.15) is 11.8 Å². The van der Waals surface area contributed by atoms with E-state index in [9.17, 15) is 22.8 Å². The molecule has 0 radical (unpaired) electrons. The van der Waals surface area contributed by atoms with Crippen molar-refractivity contribution in [1.29, 1.82) is 0 Å². The molecule has 1 aromatic carbocycles. The van der Waals surface area contributed by atoms with Crippen LogP contribution in [-0.4, -0.2) is 36.0 Å². The van der Waals surface area contributed by atoms with Crippen LogP contribution in [0, 0.1) is 0 Å². The number of amides is 1. The predicted octanol–water partition coefficient (Wildman–Crippen LogP) is 4.13. The number of hydrogen-bond acceptors (Lipinski definition) is 4. The molecule has 1 saturated heterocycles. The molecule has 0 bridgehead atoms. The molecule has 3 rings (SSSR count). The number of carbonyl (C=O) groups is 2. The highest BCUT2D eigenvalue weighted by Crippen LogP contribution is 2.32. The molecule has 1 fully saturated rings. The van der Waals surface area contributed by atoms with Crippen LogP contribution in [0.5, 0.6) is 0 Å². The minimum Gasteiger partial charge on any atom is -0.464 e. The zero-order chi connectivity index (χ0) is 19.6. The van der Waals surface area contributed by atoms with Gasteiger partial charge in [0.05, 0.1) is 12.2 Å². The SMILES string of the molecule is CCOC(=O)[C@H]1CCCN1C(=O)c1ccc(-c2ccc(C(F)(F)F)cc2)o1. The zero-order valence-electron chi connectivity index (χ0n) is 14.6. The quantitative estimate of drug-likeness (QED) is 0.747. The first kappa shape index (κ1) is 19.0. The Labute approximate surface area is 153 Å². The number of benzene rings is 1. The van der Waals surface area contributed by atoms with Gasteiger partial charge in [0.25, 0.3) is 5.91 Å². The Hall–Kier alpha value is -2.77. The molecule has 0 aliphatic carbocycles. The number of ether oxygens (including phenoxy) is 1. The van der Waals surface area contributed by atoms with Gasteiger partial charge in [-0.15, -0.1) is 0 Å². The smallest absolute Gasteiger partial charge is 0.416 e. The van der Waals surface area contributed by atoms with E-state index in [0.717, 1.165) is 12.1 Å². The summed E-state index contributed by atoms with van der Waals surface area (Å²) in [7, 11) is 0. The molecule has 0 spiro atoms. The highest BCUT2D eigenvalue weighted by molar-refractivity contribution is 5.95. The fraction of sp³-hybridized carbons (Fsp3) is 0.368. The molecule has 144 valence electrons. The second kappa shape index (κ2) is 7.46. The van der Waals surface area contributed by atoms with E-state index in [1.165, 1.54) is 29.2 Å². The van der Waals surface area contributed by atoms with Gasteiger partial charge < -0.3 is 14.1 Å². The summed E-state index contributed by atoms with van der Waals surface area (Å²) in [5.41, 5.74) is -0.339. The average Bonchev–Trinajstić information content (AvgIpc) is 3.30. The highest BCUT2D eigenvalue weighted by atomic mass is 19.4. The van der Waals surface area contributed by atoms with E-state index in [0.29, 0.717) is 24.9 Å². The number of carbonyl (C=O) groups excluding carboxylic acids is 2. The molecule has 1 aromatic heterocycles. The number of likely N-dealkylation sites (tertiary alicyclic amines) is 1. The topological polar surface area (TPSA) is 59.8 Å². The van der Waals surface area contributed by atoms with E-state index < -0.39 is 29.7 Å². The Morgan fingerprint density at radius 2 is 1.89 bits per heavy atom. The van der Waals surface area contributed by atoms with Crippen molar-refractivity contribution in [2.45, 2.75) is 32.0 Å². The minimum absolute atomic E-state index is 0.0288. The molecule has 1 atom stereocenters. The molecule has 1 aliphatic heterocycles. The first-order chi connectivity index (χ1) is 12.8. The van der Waals surface area contributed by atoms with Crippen molar-refractivity contribution in [3.05, 3.63) is 47.7 Å². The number of nitrogens with zero attached hydrogens (tertiary/aromatic N) is 1. The maximum atomic E-state index is 12.7. The Balaban J connectivity index is 1.77. The predicted molar refractivity (Wildman–Crippen MR) is 89.8 cm³/mol.